The molecule has 0 amide bonds. The van der Waals surface area contributed by atoms with Crippen LogP contribution in [0.4, 0.5) is 0 Å². The van der Waals surface area contributed by atoms with Crippen molar-refractivity contribution in [2.24, 2.45) is 0 Å². The topological polar surface area (TPSA) is 56.6 Å². The molecule has 0 saturated carbocycles. The summed E-state index contributed by atoms with van der Waals surface area (Å²) in [6, 6.07) is 13.4. The Labute approximate surface area is 161 Å². The molecule has 0 saturated heterocycles. The van der Waals surface area contributed by atoms with Gasteiger partial charge in [-0.25, -0.2) is 4.98 Å². The molecule has 0 unspecified atom stereocenters. The standard InChI is InChI=1S/C20H21N3O3S/c1-22(2)9-10-23-19(24)15-5-3-4-6-16(15)21-20(23)27-12-14-7-8-17-18(11-14)26-13-25-17/h3-8,11H,9-10,12-13H2,1-2H3. The maximum absolute atomic E-state index is 13.0. The molecule has 0 N–H and O–H groups in total. The van der Waals surface area contributed by atoms with Crippen molar-refractivity contribution in [2.45, 2.75) is 17.5 Å². The van der Waals surface area contributed by atoms with Crippen LogP contribution < -0.4 is 15.0 Å². The maximum Gasteiger partial charge on any atom is 0.262 e. The van der Waals surface area contributed by atoms with Crippen LogP contribution in [0.15, 0.2) is 52.4 Å². The molecule has 27 heavy (non-hydrogen) atoms. The van der Waals surface area contributed by atoms with Crippen molar-refractivity contribution in [1.82, 2.24) is 14.5 Å². The van der Waals surface area contributed by atoms with Crippen LogP contribution in [0, 0.1) is 0 Å². The number of hydrogen-bond donors (Lipinski definition) is 0. The molecule has 1 aromatic heterocycles. The van der Waals surface area contributed by atoms with E-state index in [9.17, 15) is 4.79 Å². The van der Waals surface area contributed by atoms with E-state index in [4.69, 9.17) is 14.5 Å². The van der Waals surface area contributed by atoms with Crippen molar-refractivity contribution < 1.29 is 9.47 Å². The first-order valence-electron chi connectivity index (χ1n) is 8.77. The normalized spacial score (nSPS) is 12.9. The van der Waals surface area contributed by atoms with E-state index in [2.05, 4.69) is 4.90 Å². The number of rotatable bonds is 6. The third kappa shape index (κ3) is 3.79. The zero-order valence-electron chi connectivity index (χ0n) is 15.3. The summed E-state index contributed by atoms with van der Waals surface area (Å²) in [4.78, 5) is 19.8. The van der Waals surface area contributed by atoms with E-state index in [1.165, 1.54) is 0 Å². The summed E-state index contributed by atoms with van der Waals surface area (Å²) >= 11 is 1.56. The summed E-state index contributed by atoms with van der Waals surface area (Å²) in [5, 5.41) is 1.39. The second kappa shape index (κ2) is 7.62. The van der Waals surface area contributed by atoms with Gasteiger partial charge in [0.05, 0.1) is 10.9 Å². The zero-order valence-corrected chi connectivity index (χ0v) is 16.2. The fraction of sp³-hybridized carbons (Fsp3) is 0.300. The van der Waals surface area contributed by atoms with Crippen LogP contribution in [0.2, 0.25) is 0 Å². The highest BCUT2D eigenvalue weighted by molar-refractivity contribution is 7.98. The number of para-hydroxylation sites is 1. The quantitative estimate of drug-likeness (QED) is 0.482. The third-order valence-corrected chi connectivity index (χ3v) is 5.45. The summed E-state index contributed by atoms with van der Waals surface area (Å²) in [7, 11) is 4.00. The Morgan fingerprint density at radius 3 is 2.81 bits per heavy atom. The fourth-order valence-electron chi connectivity index (χ4n) is 2.93. The highest BCUT2D eigenvalue weighted by Gasteiger charge is 2.15. The predicted molar refractivity (Wildman–Crippen MR) is 107 cm³/mol. The number of fused-ring (bicyclic) bond motifs is 2. The molecule has 7 heteroatoms. The monoisotopic (exact) mass is 383 g/mol. The van der Waals surface area contributed by atoms with Gasteiger partial charge in [0, 0.05) is 18.8 Å². The first-order valence-corrected chi connectivity index (χ1v) is 9.76. The molecular weight excluding hydrogens is 362 g/mol. The molecule has 0 atom stereocenters. The lowest BCUT2D eigenvalue weighted by Gasteiger charge is -2.15. The Kier molecular flexibility index (Phi) is 5.05. The minimum absolute atomic E-state index is 0.00985. The molecule has 0 fully saturated rings. The van der Waals surface area contributed by atoms with E-state index in [1.54, 1.807) is 16.3 Å². The molecule has 3 aromatic rings. The molecule has 2 heterocycles. The van der Waals surface area contributed by atoms with Crippen LogP contribution in [0.3, 0.4) is 0 Å². The van der Waals surface area contributed by atoms with Crippen molar-refractivity contribution in [1.29, 1.82) is 0 Å². The Balaban J connectivity index is 1.64. The highest BCUT2D eigenvalue weighted by Crippen LogP contribution is 2.34. The largest absolute Gasteiger partial charge is 0.454 e. The Hall–Kier alpha value is -2.51. The molecule has 1 aliphatic heterocycles. The average Bonchev–Trinajstić information content (AvgIpc) is 3.13. The van der Waals surface area contributed by atoms with Gasteiger partial charge in [-0.15, -0.1) is 0 Å². The lowest BCUT2D eigenvalue weighted by atomic mass is 10.2. The number of likely N-dealkylation sites (N-methyl/N-ethyl adjacent to an activating group) is 1. The predicted octanol–water partition coefficient (Wildman–Crippen LogP) is 2.98. The summed E-state index contributed by atoms with van der Waals surface area (Å²) in [5.41, 5.74) is 1.85. The lowest BCUT2D eigenvalue weighted by Crippen LogP contribution is -2.28. The number of thioether (sulfide) groups is 1. The lowest BCUT2D eigenvalue weighted by molar-refractivity contribution is 0.174. The van der Waals surface area contributed by atoms with Crippen LogP contribution >= 0.6 is 11.8 Å². The van der Waals surface area contributed by atoms with Gasteiger partial charge in [-0.2, -0.15) is 0 Å². The van der Waals surface area contributed by atoms with E-state index in [-0.39, 0.29) is 12.4 Å². The van der Waals surface area contributed by atoms with Crippen LogP contribution in [-0.2, 0) is 12.3 Å². The Bertz CT molecular complexity index is 1030. The second-order valence-corrected chi connectivity index (χ2v) is 7.59. The van der Waals surface area contributed by atoms with Gasteiger partial charge in [-0.3, -0.25) is 9.36 Å². The molecule has 2 aromatic carbocycles. The summed E-state index contributed by atoms with van der Waals surface area (Å²) in [6.45, 7) is 1.65. The minimum atomic E-state index is 0.00985. The Morgan fingerprint density at radius 2 is 1.96 bits per heavy atom. The third-order valence-electron chi connectivity index (χ3n) is 4.40. The fourth-order valence-corrected chi connectivity index (χ4v) is 3.90. The molecule has 0 aliphatic carbocycles. The molecule has 140 valence electrons. The van der Waals surface area contributed by atoms with Crippen LogP contribution in [0.5, 0.6) is 11.5 Å². The van der Waals surface area contributed by atoms with Crippen molar-refractivity contribution in [3.63, 3.8) is 0 Å². The highest BCUT2D eigenvalue weighted by atomic mass is 32.2. The molecule has 0 radical (unpaired) electrons. The average molecular weight is 383 g/mol. The van der Waals surface area contributed by atoms with Gasteiger partial charge in [-0.05, 0) is 43.9 Å². The zero-order chi connectivity index (χ0) is 18.8. The molecule has 4 rings (SSSR count). The van der Waals surface area contributed by atoms with Crippen LogP contribution in [0.25, 0.3) is 10.9 Å². The van der Waals surface area contributed by atoms with Gasteiger partial charge in [-0.1, -0.05) is 30.0 Å². The van der Waals surface area contributed by atoms with Crippen molar-refractivity contribution >= 4 is 22.7 Å². The number of benzene rings is 2. The van der Waals surface area contributed by atoms with Gasteiger partial charge in [0.1, 0.15) is 0 Å². The van der Waals surface area contributed by atoms with E-state index in [1.807, 2.05) is 56.6 Å². The molecule has 0 bridgehead atoms. The van der Waals surface area contributed by atoms with Gasteiger partial charge in [0.15, 0.2) is 16.7 Å². The van der Waals surface area contributed by atoms with Gasteiger partial charge in [0.25, 0.3) is 5.56 Å². The number of nitrogens with zero attached hydrogens (tertiary/aromatic N) is 3. The van der Waals surface area contributed by atoms with E-state index >= 15 is 0 Å². The van der Waals surface area contributed by atoms with Gasteiger partial charge in [0.2, 0.25) is 6.79 Å². The van der Waals surface area contributed by atoms with Crippen molar-refractivity contribution in [3.8, 4) is 11.5 Å². The summed E-state index contributed by atoms with van der Waals surface area (Å²) in [5.74, 6) is 2.24. The van der Waals surface area contributed by atoms with E-state index < -0.39 is 0 Å². The first-order chi connectivity index (χ1) is 13.1. The summed E-state index contributed by atoms with van der Waals surface area (Å²) in [6.07, 6.45) is 0. The number of ether oxygens (including phenoxy) is 2. The number of aromatic nitrogens is 2. The smallest absolute Gasteiger partial charge is 0.262 e. The first kappa shape index (κ1) is 17.9. The molecule has 6 nitrogen and oxygen atoms in total. The van der Waals surface area contributed by atoms with Crippen LogP contribution in [-0.4, -0.2) is 41.9 Å². The molecular formula is C20H21N3O3S. The Morgan fingerprint density at radius 1 is 1.15 bits per heavy atom. The summed E-state index contributed by atoms with van der Waals surface area (Å²) < 4.78 is 12.6. The minimum Gasteiger partial charge on any atom is -0.454 e. The number of hydrogen-bond acceptors (Lipinski definition) is 6. The maximum atomic E-state index is 13.0. The molecule has 0 spiro atoms. The van der Waals surface area contributed by atoms with E-state index in [0.717, 1.165) is 34.3 Å². The van der Waals surface area contributed by atoms with Crippen molar-refractivity contribution in [3.05, 3.63) is 58.4 Å². The van der Waals surface area contributed by atoms with Crippen molar-refractivity contribution in [2.75, 3.05) is 27.4 Å². The van der Waals surface area contributed by atoms with Crippen LogP contribution in [0.1, 0.15) is 5.56 Å². The van der Waals surface area contributed by atoms with E-state index in [0.29, 0.717) is 17.7 Å². The van der Waals surface area contributed by atoms with Gasteiger partial charge >= 0.3 is 0 Å². The molecule has 1 aliphatic rings. The SMILES string of the molecule is CN(C)CCn1c(SCc2ccc3c(c2)OCO3)nc2ccccc2c1=O. The van der Waals surface area contributed by atoms with Gasteiger partial charge < -0.3 is 14.4 Å². The second-order valence-electron chi connectivity index (χ2n) is 6.65.